The largest absolute Gasteiger partial charge is 0.573 e. The van der Waals surface area contributed by atoms with E-state index in [2.05, 4.69) is 4.74 Å². The average Bonchev–Trinajstić information content (AvgIpc) is 2.47. The summed E-state index contributed by atoms with van der Waals surface area (Å²) >= 11 is 0. The van der Waals surface area contributed by atoms with Gasteiger partial charge in [-0.3, -0.25) is 4.79 Å². The van der Waals surface area contributed by atoms with E-state index in [0.717, 1.165) is 19.3 Å². The quantitative estimate of drug-likeness (QED) is 0.889. The Morgan fingerprint density at radius 2 is 1.96 bits per heavy atom. The lowest BCUT2D eigenvalue weighted by Crippen LogP contribution is -2.52. The number of likely N-dealkylation sites (tertiary alicyclic amines) is 1. The minimum absolute atomic E-state index is 0. The molecule has 136 valence electrons. The number of benzene rings is 1. The van der Waals surface area contributed by atoms with Gasteiger partial charge in [-0.1, -0.05) is 12.1 Å². The number of hydrogen-bond acceptors (Lipinski definition) is 3. The Bertz CT molecular complexity index is 535. The maximum Gasteiger partial charge on any atom is 0.573 e. The Labute approximate surface area is 145 Å². The van der Waals surface area contributed by atoms with Crippen LogP contribution in [0.5, 0.6) is 5.75 Å². The third-order valence-electron chi connectivity index (χ3n) is 3.99. The summed E-state index contributed by atoms with van der Waals surface area (Å²) in [4.78, 5) is 14.3. The number of alkyl halides is 3. The van der Waals surface area contributed by atoms with E-state index in [1.807, 2.05) is 6.92 Å². The first-order chi connectivity index (χ1) is 10.8. The van der Waals surface area contributed by atoms with Gasteiger partial charge in [0.1, 0.15) is 5.75 Å². The second kappa shape index (κ2) is 8.58. The second-order valence-electron chi connectivity index (χ2n) is 5.88. The van der Waals surface area contributed by atoms with Gasteiger partial charge in [0.05, 0.1) is 6.42 Å². The highest BCUT2D eigenvalue weighted by molar-refractivity contribution is 5.85. The number of halogens is 4. The van der Waals surface area contributed by atoms with E-state index in [1.54, 1.807) is 4.90 Å². The predicted octanol–water partition coefficient (Wildman–Crippen LogP) is 3.28. The summed E-state index contributed by atoms with van der Waals surface area (Å²) in [5.74, 6) is -0.336. The summed E-state index contributed by atoms with van der Waals surface area (Å²) in [7, 11) is 0. The summed E-state index contributed by atoms with van der Waals surface area (Å²) in [5.41, 5.74) is 6.60. The van der Waals surface area contributed by atoms with Gasteiger partial charge in [-0.25, -0.2) is 0 Å². The molecule has 0 radical (unpaired) electrons. The normalized spacial score (nSPS) is 19.4. The lowest BCUT2D eigenvalue weighted by molar-refractivity contribution is -0.274. The number of ether oxygens (including phenoxy) is 1. The maximum absolute atomic E-state index is 12.5. The average molecular weight is 367 g/mol. The number of rotatable bonds is 4. The number of amides is 1. The number of nitrogens with two attached hydrogens (primary N) is 1. The molecule has 24 heavy (non-hydrogen) atoms. The van der Waals surface area contributed by atoms with Gasteiger partial charge in [0.15, 0.2) is 0 Å². The summed E-state index contributed by atoms with van der Waals surface area (Å²) < 4.78 is 40.2. The van der Waals surface area contributed by atoms with E-state index in [4.69, 9.17) is 5.73 Å². The lowest BCUT2D eigenvalue weighted by Gasteiger charge is -2.38. The molecule has 0 saturated carbocycles. The molecule has 1 saturated heterocycles. The number of nitrogens with zero attached hydrogens (tertiary/aromatic N) is 1. The van der Waals surface area contributed by atoms with Crippen molar-refractivity contribution >= 4 is 18.3 Å². The van der Waals surface area contributed by atoms with Gasteiger partial charge in [0.25, 0.3) is 0 Å². The molecular formula is C16H22ClF3N2O2. The third kappa shape index (κ3) is 5.87. The summed E-state index contributed by atoms with van der Waals surface area (Å²) in [5, 5.41) is 0. The van der Waals surface area contributed by atoms with Crippen LogP contribution in [0.25, 0.3) is 0 Å². The van der Waals surface area contributed by atoms with Crippen molar-refractivity contribution in [2.75, 3.05) is 6.54 Å². The van der Waals surface area contributed by atoms with Gasteiger partial charge in [-0.05, 0) is 43.9 Å². The van der Waals surface area contributed by atoms with Gasteiger partial charge in [0.2, 0.25) is 5.91 Å². The van der Waals surface area contributed by atoms with Gasteiger partial charge in [-0.15, -0.1) is 25.6 Å². The van der Waals surface area contributed by atoms with Crippen LogP contribution in [0.15, 0.2) is 24.3 Å². The molecule has 0 spiro atoms. The van der Waals surface area contributed by atoms with Gasteiger partial charge in [0, 0.05) is 18.6 Å². The van der Waals surface area contributed by atoms with Crippen LogP contribution in [-0.2, 0) is 11.2 Å². The van der Waals surface area contributed by atoms with Crippen LogP contribution in [0.1, 0.15) is 31.7 Å². The zero-order valence-electron chi connectivity index (χ0n) is 13.4. The van der Waals surface area contributed by atoms with Crippen molar-refractivity contribution in [2.24, 2.45) is 5.73 Å². The molecule has 0 aliphatic carbocycles. The van der Waals surface area contributed by atoms with Crippen LogP contribution in [-0.4, -0.2) is 35.8 Å². The highest BCUT2D eigenvalue weighted by Gasteiger charge is 2.31. The van der Waals surface area contributed by atoms with E-state index in [-0.39, 0.29) is 42.6 Å². The molecule has 2 rings (SSSR count). The first-order valence-electron chi connectivity index (χ1n) is 7.66. The molecule has 1 fully saturated rings. The maximum atomic E-state index is 12.5. The molecule has 2 N–H and O–H groups in total. The Balaban J connectivity index is 0.00000288. The van der Waals surface area contributed by atoms with Crippen LogP contribution >= 0.6 is 12.4 Å². The van der Waals surface area contributed by atoms with Crippen molar-refractivity contribution in [1.29, 1.82) is 0 Å². The Kier molecular flexibility index (Phi) is 7.35. The standard InChI is InChI=1S/C16H21F3N2O2.ClH/c1-11(20)14-4-2-3-9-21(14)15(22)10-12-5-7-13(8-6-12)23-16(17,18)19;/h5-8,11,14H,2-4,9-10,20H2,1H3;1H. The minimum Gasteiger partial charge on any atom is -0.406 e. The monoisotopic (exact) mass is 366 g/mol. The topological polar surface area (TPSA) is 55.6 Å². The fourth-order valence-corrected chi connectivity index (χ4v) is 2.90. The molecule has 0 aromatic heterocycles. The van der Waals surface area contributed by atoms with E-state index >= 15 is 0 Å². The molecule has 4 nitrogen and oxygen atoms in total. The van der Waals surface area contributed by atoms with Gasteiger partial charge < -0.3 is 15.4 Å². The summed E-state index contributed by atoms with van der Waals surface area (Å²) in [6, 6.07) is 5.32. The zero-order chi connectivity index (χ0) is 17.0. The minimum atomic E-state index is -4.71. The fourth-order valence-electron chi connectivity index (χ4n) is 2.90. The van der Waals surface area contributed by atoms with Crippen LogP contribution < -0.4 is 10.5 Å². The molecule has 1 aromatic carbocycles. The molecule has 1 amide bonds. The molecule has 1 aromatic rings. The van der Waals surface area contributed by atoms with Crippen molar-refractivity contribution < 1.29 is 22.7 Å². The van der Waals surface area contributed by atoms with Crippen molar-refractivity contribution in [2.45, 2.75) is 51.1 Å². The molecule has 8 heteroatoms. The van der Waals surface area contributed by atoms with Gasteiger partial charge >= 0.3 is 6.36 Å². The SMILES string of the molecule is CC(N)C1CCCCN1C(=O)Cc1ccc(OC(F)(F)F)cc1.Cl. The van der Waals surface area contributed by atoms with Gasteiger partial charge in [-0.2, -0.15) is 0 Å². The number of piperidine rings is 1. The molecule has 2 unspecified atom stereocenters. The highest BCUT2D eigenvalue weighted by Crippen LogP contribution is 2.24. The number of hydrogen-bond donors (Lipinski definition) is 1. The van der Waals surface area contributed by atoms with E-state index < -0.39 is 6.36 Å². The summed E-state index contributed by atoms with van der Waals surface area (Å²) in [6.45, 7) is 2.57. The van der Waals surface area contributed by atoms with E-state index in [0.29, 0.717) is 12.1 Å². The molecule has 0 bridgehead atoms. The Hall–Kier alpha value is -1.47. The number of carbonyl (C=O) groups is 1. The molecule has 1 heterocycles. The van der Waals surface area contributed by atoms with E-state index in [1.165, 1.54) is 24.3 Å². The Morgan fingerprint density at radius 3 is 2.50 bits per heavy atom. The van der Waals surface area contributed by atoms with Crippen LogP contribution in [0.4, 0.5) is 13.2 Å². The second-order valence-corrected chi connectivity index (χ2v) is 5.88. The molecule has 2 atom stereocenters. The van der Waals surface area contributed by atoms with Crippen LogP contribution in [0.2, 0.25) is 0 Å². The zero-order valence-corrected chi connectivity index (χ0v) is 14.2. The van der Waals surface area contributed by atoms with E-state index in [9.17, 15) is 18.0 Å². The molecular weight excluding hydrogens is 345 g/mol. The van der Waals surface area contributed by atoms with Crippen molar-refractivity contribution in [3.05, 3.63) is 29.8 Å². The third-order valence-corrected chi connectivity index (χ3v) is 3.99. The van der Waals surface area contributed by atoms with Crippen molar-refractivity contribution in [1.82, 2.24) is 4.90 Å². The Morgan fingerprint density at radius 1 is 1.33 bits per heavy atom. The smallest absolute Gasteiger partial charge is 0.406 e. The lowest BCUT2D eigenvalue weighted by atomic mass is 9.96. The fraction of sp³-hybridized carbons (Fsp3) is 0.562. The van der Waals surface area contributed by atoms with Crippen LogP contribution in [0, 0.1) is 0 Å². The predicted molar refractivity (Wildman–Crippen MR) is 87.1 cm³/mol. The van der Waals surface area contributed by atoms with Crippen LogP contribution in [0.3, 0.4) is 0 Å². The van der Waals surface area contributed by atoms with Crippen molar-refractivity contribution in [3.63, 3.8) is 0 Å². The molecule has 1 aliphatic heterocycles. The summed E-state index contributed by atoms with van der Waals surface area (Å²) in [6.07, 6.45) is -1.67. The first kappa shape index (κ1) is 20.6. The number of carbonyl (C=O) groups excluding carboxylic acids is 1. The molecule has 1 aliphatic rings. The highest BCUT2D eigenvalue weighted by atomic mass is 35.5. The van der Waals surface area contributed by atoms with Crippen molar-refractivity contribution in [3.8, 4) is 5.75 Å². The first-order valence-corrected chi connectivity index (χ1v) is 7.66.